The zero-order valence-corrected chi connectivity index (χ0v) is 10.3. The lowest BCUT2D eigenvalue weighted by Crippen LogP contribution is -2.07. The molecule has 19 heavy (non-hydrogen) atoms. The van der Waals surface area contributed by atoms with Gasteiger partial charge < -0.3 is 11.1 Å². The third kappa shape index (κ3) is 3.44. The number of nitrogens with two attached hydrogens (primary N) is 1. The third-order valence-corrected chi connectivity index (χ3v) is 2.68. The molecule has 0 saturated heterocycles. The van der Waals surface area contributed by atoms with Gasteiger partial charge in [0, 0.05) is 37.2 Å². The van der Waals surface area contributed by atoms with Gasteiger partial charge in [0.05, 0.1) is 4.92 Å². The Morgan fingerprint density at radius 1 is 1.47 bits per heavy atom. The van der Waals surface area contributed by atoms with E-state index in [-0.39, 0.29) is 11.4 Å². The van der Waals surface area contributed by atoms with E-state index in [4.69, 9.17) is 5.73 Å². The molecule has 0 aliphatic rings. The van der Waals surface area contributed by atoms with E-state index >= 15 is 0 Å². The molecule has 1 aromatic carbocycles. The summed E-state index contributed by atoms with van der Waals surface area (Å²) in [7, 11) is 0. The van der Waals surface area contributed by atoms with Gasteiger partial charge in [-0.25, -0.2) is 0 Å². The molecule has 0 aliphatic heterocycles. The lowest BCUT2D eigenvalue weighted by Gasteiger charge is -2.07. The monoisotopic (exact) mass is 261 g/mol. The summed E-state index contributed by atoms with van der Waals surface area (Å²) < 4.78 is 1.85. The number of hydrogen-bond donors (Lipinski definition) is 2. The highest BCUT2D eigenvalue weighted by atomic mass is 16.6. The molecular formula is C12H15N5O2. The standard InChI is InChI=1S/C12H15N5O2/c13-11-9-10(3-4-12(11)17(18)19)14-5-1-7-16-8-2-6-15-16/h2-4,6,8-9,14H,1,5,7,13H2. The molecule has 3 N–H and O–H groups in total. The average Bonchev–Trinajstić information content (AvgIpc) is 2.87. The molecule has 0 bridgehead atoms. The average molecular weight is 261 g/mol. The Balaban J connectivity index is 1.83. The van der Waals surface area contributed by atoms with E-state index in [9.17, 15) is 10.1 Å². The first kappa shape index (κ1) is 12.9. The third-order valence-electron chi connectivity index (χ3n) is 2.68. The first-order valence-electron chi connectivity index (χ1n) is 5.92. The molecular weight excluding hydrogens is 246 g/mol. The van der Waals surface area contributed by atoms with Crippen LogP contribution < -0.4 is 11.1 Å². The van der Waals surface area contributed by atoms with Crippen LogP contribution in [0.15, 0.2) is 36.7 Å². The SMILES string of the molecule is Nc1cc(NCCCn2cccn2)ccc1[N+](=O)[O-]. The summed E-state index contributed by atoms with van der Waals surface area (Å²) in [6.07, 6.45) is 4.55. The van der Waals surface area contributed by atoms with Gasteiger partial charge in [-0.05, 0) is 24.6 Å². The smallest absolute Gasteiger partial charge is 0.292 e. The van der Waals surface area contributed by atoms with Crippen molar-refractivity contribution in [2.75, 3.05) is 17.6 Å². The second-order valence-electron chi connectivity index (χ2n) is 4.08. The van der Waals surface area contributed by atoms with Crippen molar-refractivity contribution in [1.29, 1.82) is 0 Å². The van der Waals surface area contributed by atoms with E-state index in [1.807, 2.05) is 16.9 Å². The molecule has 1 heterocycles. The van der Waals surface area contributed by atoms with Crippen LogP contribution in [0, 0.1) is 10.1 Å². The predicted octanol–water partition coefficient (Wildman–Crippen LogP) is 1.88. The highest BCUT2D eigenvalue weighted by molar-refractivity contribution is 5.65. The quantitative estimate of drug-likeness (QED) is 0.358. The van der Waals surface area contributed by atoms with Crippen LogP contribution in [-0.4, -0.2) is 21.2 Å². The molecule has 0 unspecified atom stereocenters. The largest absolute Gasteiger partial charge is 0.393 e. The Hall–Kier alpha value is -2.57. The van der Waals surface area contributed by atoms with E-state index in [1.165, 1.54) is 6.07 Å². The molecule has 7 heteroatoms. The van der Waals surface area contributed by atoms with Gasteiger partial charge in [0.1, 0.15) is 5.69 Å². The normalized spacial score (nSPS) is 10.3. The van der Waals surface area contributed by atoms with Crippen molar-refractivity contribution in [1.82, 2.24) is 9.78 Å². The number of aromatic nitrogens is 2. The second kappa shape index (κ2) is 5.85. The number of rotatable bonds is 6. The minimum absolute atomic E-state index is 0.0675. The first-order valence-corrected chi connectivity index (χ1v) is 5.92. The van der Waals surface area contributed by atoms with Crippen LogP contribution in [-0.2, 0) is 6.54 Å². The van der Waals surface area contributed by atoms with Crippen molar-refractivity contribution < 1.29 is 4.92 Å². The molecule has 1 aromatic heterocycles. The van der Waals surface area contributed by atoms with E-state index in [0.29, 0.717) is 0 Å². The van der Waals surface area contributed by atoms with E-state index < -0.39 is 4.92 Å². The number of nitrogens with zero attached hydrogens (tertiary/aromatic N) is 3. The fraction of sp³-hybridized carbons (Fsp3) is 0.250. The number of nitrogens with one attached hydrogen (secondary N) is 1. The first-order chi connectivity index (χ1) is 9.16. The molecule has 0 radical (unpaired) electrons. The van der Waals surface area contributed by atoms with Crippen LogP contribution in [0.3, 0.4) is 0 Å². The van der Waals surface area contributed by atoms with E-state index in [0.717, 1.165) is 25.2 Å². The Labute approximate surface area is 110 Å². The Morgan fingerprint density at radius 2 is 2.32 bits per heavy atom. The zero-order valence-electron chi connectivity index (χ0n) is 10.3. The van der Waals surface area contributed by atoms with Gasteiger partial charge in [-0.1, -0.05) is 0 Å². The second-order valence-corrected chi connectivity index (χ2v) is 4.08. The van der Waals surface area contributed by atoms with Crippen LogP contribution in [0.4, 0.5) is 17.1 Å². The summed E-state index contributed by atoms with van der Waals surface area (Å²) in [4.78, 5) is 10.1. The van der Waals surface area contributed by atoms with Crippen molar-refractivity contribution in [3.8, 4) is 0 Å². The van der Waals surface area contributed by atoms with Crippen LogP contribution in [0.2, 0.25) is 0 Å². The predicted molar refractivity (Wildman–Crippen MR) is 72.8 cm³/mol. The molecule has 0 aliphatic carbocycles. The number of nitro benzene ring substituents is 1. The topological polar surface area (TPSA) is 99.0 Å². The number of anilines is 2. The maximum atomic E-state index is 10.6. The van der Waals surface area contributed by atoms with Crippen LogP contribution >= 0.6 is 0 Å². The van der Waals surface area contributed by atoms with Gasteiger partial charge in [0.2, 0.25) is 0 Å². The molecule has 2 aromatic rings. The van der Waals surface area contributed by atoms with Gasteiger partial charge in [-0.2, -0.15) is 5.10 Å². The van der Waals surface area contributed by atoms with Crippen molar-refractivity contribution in [3.63, 3.8) is 0 Å². The van der Waals surface area contributed by atoms with Crippen LogP contribution in [0.1, 0.15) is 6.42 Å². The Kier molecular flexibility index (Phi) is 3.97. The number of benzene rings is 1. The van der Waals surface area contributed by atoms with Crippen molar-refractivity contribution in [2.45, 2.75) is 13.0 Å². The highest BCUT2D eigenvalue weighted by Crippen LogP contribution is 2.24. The molecule has 2 rings (SSSR count). The van der Waals surface area contributed by atoms with Crippen LogP contribution in [0.25, 0.3) is 0 Å². The number of aryl methyl sites for hydroxylation is 1. The molecule has 7 nitrogen and oxygen atoms in total. The van der Waals surface area contributed by atoms with E-state index in [2.05, 4.69) is 10.4 Å². The van der Waals surface area contributed by atoms with Gasteiger partial charge >= 0.3 is 0 Å². The zero-order chi connectivity index (χ0) is 13.7. The maximum absolute atomic E-state index is 10.6. The summed E-state index contributed by atoms with van der Waals surface area (Å²) >= 11 is 0. The molecule has 0 fully saturated rings. The van der Waals surface area contributed by atoms with Crippen molar-refractivity contribution in [2.24, 2.45) is 0 Å². The Bertz CT molecular complexity index is 553. The van der Waals surface area contributed by atoms with Crippen molar-refractivity contribution >= 4 is 17.1 Å². The summed E-state index contributed by atoms with van der Waals surface area (Å²) in [5, 5.41) is 17.9. The van der Waals surface area contributed by atoms with Gasteiger partial charge in [0.25, 0.3) is 5.69 Å². The summed E-state index contributed by atoms with van der Waals surface area (Å²) in [5.41, 5.74) is 6.49. The molecule has 0 spiro atoms. The summed E-state index contributed by atoms with van der Waals surface area (Å²) in [5.74, 6) is 0. The lowest BCUT2D eigenvalue weighted by molar-refractivity contribution is -0.383. The number of nitrogen functional groups attached to an aromatic ring is 1. The minimum Gasteiger partial charge on any atom is -0.393 e. The number of hydrogen-bond acceptors (Lipinski definition) is 5. The minimum atomic E-state index is -0.489. The van der Waals surface area contributed by atoms with E-state index in [1.54, 1.807) is 18.3 Å². The lowest BCUT2D eigenvalue weighted by atomic mass is 10.2. The molecule has 0 atom stereocenters. The maximum Gasteiger partial charge on any atom is 0.292 e. The van der Waals surface area contributed by atoms with Gasteiger partial charge in [0.15, 0.2) is 0 Å². The van der Waals surface area contributed by atoms with Crippen molar-refractivity contribution in [3.05, 3.63) is 46.8 Å². The molecule has 0 saturated carbocycles. The van der Waals surface area contributed by atoms with Gasteiger partial charge in [-0.15, -0.1) is 0 Å². The molecule has 0 amide bonds. The fourth-order valence-electron chi connectivity index (χ4n) is 1.74. The summed E-state index contributed by atoms with van der Waals surface area (Å²) in [6.45, 7) is 1.57. The molecule has 100 valence electrons. The Morgan fingerprint density at radius 3 is 2.95 bits per heavy atom. The van der Waals surface area contributed by atoms with Crippen LogP contribution in [0.5, 0.6) is 0 Å². The fourth-order valence-corrected chi connectivity index (χ4v) is 1.74. The van der Waals surface area contributed by atoms with Gasteiger partial charge in [-0.3, -0.25) is 14.8 Å². The highest BCUT2D eigenvalue weighted by Gasteiger charge is 2.10. The summed E-state index contributed by atoms with van der Waals surface area (Å²) in [6, 6.07) is 6.52. The number of nitro groups is 1.